The molecule has 0 amide bonds. The summed E-state index contributed by atoms with van der Waals surface area (Å²) in [4.78, 5) is 8.41. The van der Waals surface area contributed by atoms with Crippen LogP contribution in [0.2, 0.25) is 0 Å². The van der Waals surface area contributed by atoms with Crippen LogP contribution >= 0.6 is 0 Å². The molecule has 4 nitrogen and oxygen atoms in total. The summed E-state index contributed by atoms with van der Waals surface area (Å²) in [6.07, 6.45) is 8.52. The molecule has 1 saturated carbocycles. The van der Waals surface area contributed by atoms with Gasteiger partial charge in [-0.25, -0.2) is 9.97 Å². The van der Waals surface area contributed by atoms with Crippen LogP contribution < -0.4 is 10.5 Å². The van der Waals surface area contributed by atoms with Gasteiger partial charge in [0.1, 0.15) is 5.75 Å². The Kier molecular flexibility index (Phi) is 3.31. The van der Waals surface area contributed by atoms with Crippen LogP contribution in [0.4, 0.5) is 5.69 Å². The average molecular weight is 255 g/mol. The van der Waals surface area contributed by atoms with E-state index in [1.54, 1.807) is 12.4 Å². The predicted octanol–water partition coefficient (Wildman–Crippen LogP) is 3.05. The first kappa shape index (κ1) is 12.0. The van der Waals surface area contributed by atoms with Crippen LogP contribution in [0.3, 0.4) is 0 Å². The lowest BCUT2D eigenvalue weighted by atomic mass is 10.2. The molecule has 1 fully saturated rings. The molecule has 19 heavy (non-hydrogen) atoms. The third kappa shape index (κ3) is 2.84. The maximum Gasteiger partial charge on any atom is 0.159 e. The first-order chi connectivity index (χ1) is 9.31. The fourth-order valence-electron chi connectivity index (χ4n) is 2.37. The molecule has 1 heterocycles. The first-order valence-corrected chi connectivity index (χ1v) is 6.66. The Hall–Kier alpha value is -2.10. The maximum atomic E-state index is 5.92. The minimum atomic E-state index is 0.388. The Morgan fingerprint density at radius 3 is 2.26 bits per heavy atom. The van der Waals surface area contributed by atoms with Gasteiger partial charge in [-0.1, -0.05) is 0 Å². The van der Waals surface area contributed by atoms with Gasteiger partial charge in [0.05, 0.1) is 24.2 Å². The average Bonchev–Trinajstić information content (AvgIpc) is 2.94. The molecule has 98 valence electrons. The van der Waals surface area contributed by atoms with E-state index < -0.39 is 0 Å². The van der Waals surface area contributed by atoms with E-state index in [4.69, 9.17) is 10.5 Å². The largest absolute Gasteiger partial charge is 0.490 e. The number of hydrogen-bond donors (Lipinski definition) is 1. The van der Waals surface area contributed by atoms with E-state index in [0.29, 0.717) is 17.6 Å². The van der Waals surface area contributed by atoms with Crippen LogP contribution in [-0.2, 0) is 0 Å². The van der Waals surface area contributed by atoms with E-state index in [1.165, 1.54) is 25.7 Å². The third-order valence-electron chi connectivity index (χ3n) is 3.39. The summed E-state index contributed by atoms with van der Waals surface area (Å²) >= 11 is 0. The standard InChI is InChI=1S/C15H17N3O/c16-12-9-17-15(18-10-12)11-5-7-14(8-6-11)19-13-3-1-2-4-13/h5-10,13H,1-4,16H2. The number of anilines is 1. The van der Waals surface area contributed by atoms with Crippen molar-refractivity contribution in [2.24, 2.45) is 0 Å². The molecule has 1 aliphatic carbocycles. The summed E-state index contributed by atoms with van der Waals surface area (Å²) in [5.41, 5.74) is 7.12. The van der Waals surface area contributed by atoms with E-state index in [1.807, 2.05) is 24.3 Å². The van der Waals surface area contributed by atoms with Crippen molar-refractivity contribution in [3.05, 3.63) is 36.7 Å². The number of nitrogens with zero attached hydrogens (tertiary/aromatic N) is 2. The Bertz CT molecular complexity index is 530. The molecule has 0 unspecified atom stereocenters. The summed E-state index contributed by atoms with van der Waals surface area (Å²) in [5, 5.41) is 0. The highest BCUT2D eigenvalue weighted by molar-refractivity contribution is 5.56. The zero-order valence-electron chi connectivity index (χ0n) is 10.7. The summed E-state index contributed by atoms with van der Waals surface area (Å²) in [6, 6.07) is 7.92. The molecule has 2 N–H and O–H groups in total. The molecule has 0 spiro atoms. The van der Waals surface area contributed by atoms with Crippen molar-refractivity contribution in [2.45, 2.75) is 31.8 Å². The van der Waals surface area contributed by atoms with Gasteiger partial charge < -0.3 is 10.5 Å². The van der Waals surface area contributed by atoms with Gasteiger partial charge in [0, 0.05) is 5.56 Å². The molecule has 3 rings (SSSR count). The number of nitrogen functional groups attached to an aromatic ring is 1. The van der Waals surface area contributed by atoms with Crippen LogP contribution in [-0.4, -0.2) is 16.1 Å². The van der Waals surface area contributed by atoms with E-state index in [-0.39, 0.29) is 0 Å². The monoisotopic (exact) mass is 255 g/mol. The number of nitrogens with two attached hydrogens (primary N) is 1. The molecule has 0 bridgehead atoms. The van der Waals surface area contributed by atoms with Crippen molar-refractivity contribution in [1.82, 2.24) is 9.97 Å². The molecule has 1 aliphatic rings. The summed E-state index contributed by atoms with van der Waals surface area (Å²) < 4.78 is 5.92. The Morgan fingerprint density at radius 2 is 1.63 bits per heavy atom. The topological polar surface area (TPSA) is 61.0 Å². The van der Waals surface area contributed by atoms with Crippen molar-refractivity contribution < 1.29 is 4.74 Å². The van der Waals surface area contributed by atoms with Crippen LogP contribution in [0, 0.1) is 0 Å². The summed E-state index contributed by atoms with van der Waals surface area (Å²) in [5.74, 6) is 1.60. The number of rotatable bonds is 3. The number of ether oxygens (including phenoxy) is 1. The summed E-state index contributed by atoms with van der Waals surface area (Å²) in [6.45, 7) is 0. The second kappa shape index (κ2) is 5.26. The smallest absolute Gasteiger partial charge is 0.159 e. The van der Waals surface area contributed by atoms with E-state index >= 15 is 0 Å². The van der Waals surface area contributed by atoms with Crippen molar-refractivity contribution in [1.29, 1.82) is 0 Å². The highest BCUT2D eigenvalue weighted by Crippen LogP contribution is 2.25. The number of aromatic nitrogens is 2. The fourth-order valence-corrected chi connectivity index (χ4v) is 2.37. The van der Waals surface area contributed by atoms with E-state index in [0.717, 1.165) is 11.3 Å². The molecule has 1 aromatic heterocycles. The molecule has 1 aromatic carbocycles. The molecular formula is C15H17N3O. The van der Waals surface area contributed by atoms with Gasteiger partial charge in [-0.15, -0.1) is 0 Å². The van der Waals surface area contributed by atoms with E-state index in [2.05, 4.69) is 9.97 Å². The second-order valence-corrected chi connectivity index (χ2v) is 4.89. The van der Waals surface area contributed by atoms with Crippen LogP contribution in [0.5, 0.6) is 5.75 Å². The normalized spacial score (nSPS) is 15.6. The zero-order valence-corrected chi connectivity index (χ0v) is 10.7. The highest BCUT2D eigenvalue weighted by Gasteiger charge is 2.16. The van der Waals surface area contributed by atoms with Gasteiger partial charge in [0.15, 0.2) is 5.82 Å². The Balaban J connectivity index is 1.72. The fraction of sp³-hybridized carbons (Fsp3) is 0.333. The second-order valence-electron chi connectivity index (χ2n) is 4.89. The maximum absolute atomic E-state index is 5.92. The summed E-state index contributed by atoms with van der Waals surface area (Å²) in [7, 11) is 0. The molecule has 0 aliphatic heterocycles. The van der Waals surface area contributed by atoms with Gasteiger partial charge in [-0.2, -0.15) is 0 Å². The van der Waals surface area contributed by atoms with Crippen LogP contribution in [0.15, 0.2) is 36.7 Å². The van der Waals surface area contributed by atoms with Gasteiger partial charge in [-0.05, 0) is 49.9 Å². The first-order valence-electron chi connectivity index (χ1n) is 6.66. The molecule has 0 saturated heterocycles. The van der Waals surface area contributed by atoms with Crippen molar-refractivity contribution in [3.8, 4) is 17.1 Å². The minimum Gasteiger partial charge on any atom is -0.490 e. The number of benzene rings is 1. The van der Waals surface area contributed by atoms with E-state index in [9.17, 15) is 0 Å². The van der Waals surface area contributed by atoms with Crippen LogP contribution in [0.25, 0.3) is 11.4 Å². The lowest BCUT2D eigenvalue weighted by molar-refractivity contribution is 0.210. The SMILES string of the molecule is Nc1cnc(-c2ccc(OC3CCCC3)cc2)nc1. The molecule has 4 heteroatoms. The van der Waals surface area contributed by atoms with Crippen molar-refractivity contribution in [2.75, 3.05) is 5.73 Å². The third-order valence-corrected chi connectivity index (χ3v) is 3.39. The Morgan fingerprint density at radius 1 is 1.00 bits per heavy atom. The van der Waals surface area contributed by atoms with Gasteiger partial charge in [0.2, 0.25) is 0 Å². The lowest BCUT2D eigenvalue weighted by Crippen LogP contribution is -2.10. The Labute approximate surface area is 112 Å². The molecule has 0 atom stereocenters. The van der Waals surface area contributed by atoms with Gasteiger partial charge >= 0.3 is 0 Å². The predicted molar refractivity (Wildman–Crippen MR) is 74.8 cm³/mol. The van der Waals surface area contributed by atoms with Gasteiger partial charge in [0.25, 0.3) is 0 Å². The zero-order chi connectivity index (χ0) is 13.1. The van der Waals surface area contributed by atoms with Crippen LogP contribution in [0.1, 0.15) is 25.7 Å². The molecule has 2 aromatic rings. The minimum absolute atomic E-state index is 0.388. The number of hydrogen-bond acceptors (Lipinski definition) is 4. The van der Waals surface area contributed by atoms with Crippen molar-refractivity contribution in [3.63, 3.8) is 0 Å². The quantitative estimate of drug-likeness (QED) is 0.915. The highest BCUT2D eigenvalue weighted by atomic mass is 16.5. The van der Waals surface area contributed by atoms with Gasteiger partial charge in [-0.3, -0.25) is 0 Å². The molecular weight excluding hydrogens is 238 g/mol. The van der Waals surface area contributed by atoms with Crippen molar-refractivity contribution >= 4 is 5.69 Å². The molecule has 0 radical (unpaired) electrons. The lowest BCUT2D eigenvalue weighted by Gasteiger charge is -2.13.